The van der Waals surface area contributed by atoms with Crippen molar-refractivity contribution in [3.8, 4) is 0 Å². The first kappa shape index (κ1) is 15.8. The number of rotatable bonds is 3. The number of likely N-dealkylation sites (N-methyl/N-ethyl adjacent to an activating group) is 1. The first-order valence-corrected chi connectivity index (χ1v) is 7.37. The standard InChI is InChI=1S/C15H20ClN3O2/c1-11-4-3-5-12(14(11)16)15(21)18(2)10-13(20)19-8-6-17-7-9-19/h3-5,17H,6-10H2,1-2H3. The van der Waals surface area contributed by atoms with Gasteiger partial charge < -0.3 is 15.1 Å². The number of piperazine rings is 1. The van der Waals surface area contributed by atoms with E-state index in [1.54, 1.807) is 24.1 Å². The lowest BCUT2D eigenvalue weighted by Gasteiger charge is -2.29. The van der Waals surface area contributed by atoms with Crippen LogP contribution in [0.2, 0.25) is 5.02 Å². The van der Waals surface area contributed by atoms with E-state index in [0.29, 0.717) is 23.7 Å². The van der Waals surface area contributed by atoms with E-state index in [0.717, 1.165) is 18.7 Å². The minimum Gasteiger partial charge on any atom is -0.339 e. The molecule has 0 aromatic heterocycles. The minimum atomic E-state index is -0.229. The Labute approximate surface area is 129 Å². The Bertz CT molecular complexity index is 542. The summed E-state index contributed by atoms with van der Waals surface area (Å²) in [5.41, 5.74) is 1.29. The molecular formula is C15H20ClN3O2. The second-order valence-corrected chi connectivity index (χ2v) is 5.61. The smallest absolute Gasteiger partial charge is 0.255 e. The van der Waals surface area contributed by atoms with Crippen LogP contribution in [-0.2, 0) is 4.79 Å². The SMILES string of the molecule is Cc1cccc(C(=O)N(C)CC(=O)N2CCNCC2)c1Cl. The summed E-state index contributed by atoms with van der Waals surface area (Å²) in [6.45, 7) is 4.90. The van der Waals surface area contributed by atoms with Crippen LogP contribution < -0.4 is 5.32 Å². The van der Waals surface area contributed by atoms with Crippen LogP contribution in [-0.4, -0.2) is 61.4 Å². The first-order valence-electron chi connectivity index (χ1n) is 7.00. The molecule has 0 saturated carbocycles. The fraction of sp³-hybridized carbons (Fsp3) is 0.467. The zero-order chi connectivity index (χ0) is 15.4. The number of amides is 2. The van der Waals surface area contributed by atoms with Gasteiger partial charge in [-0.3, -0.25) is 9.59 Å². The van der Waals surface area contributed by atoms with Crippen LogP contribution >= 0.6 is 11.6 Å². The Morgan fingerprint density at radius 2 is 2.00 bits per heavy atom. The number of carbonyl (C=O) groups excluding carboxylic acids is 2. The van der Waals surface area contributed by atoms with E-state index in [1.165, 1.54) is 4.90 Å². The molecule has 0 unspecified atom stereocenters. The van der Waals surface area contributed by atoms with Gasteiger partial charge in [0.25, 0.3) is 5.91 Å². The minimum absolute atomic E-state index is 0.0314. The molecule has 1 N–H and O–H groups in total. The first-order chi connectivity index (χ1) is 10.0. The Hall–Kier alpha value is -1.59. The van der Waals surface area contributed by atoms with E-state index in [4.69, 9.17) is 11.6 Å². The van der Waals surface area contributed by atoms with Crippen molar-refractivity contribution in [2.45, 2.75) is 6.92 Å². The number of hydrogen-bond acceptors (Lipinski definition) is 3. The highest BCUT2D eigenvalue weighted by Gasteiger charge is 2.22. The molecule has 2 amide bonds. The fourth-order valence-electron chi connectivity index (χ4n) is 2.31. The number of nitrogens with one attached hydrogen (secondary N) is 1. The molecule has 1 aromatic carbocycles. The number of halogens is 1. The maximum atomic E-state index is 12.4. The maximum Gasteiger partial charge on any atom is 0.255 e. The molecule has 0 bridgehead atoms. The molecule has 114 valence electrons. The molecular weight excluding hydrogens is 290 g/mol. The van der Waals surface area contributed by atoms with Crippen molar-refractivity contribution in [2.24, 2.45) is 0 Å². The van der Waals surface area contributed by atoms with Crippen molar-refractivity contribution >= 4 is 23.4 Å². The third kappa shape index (κ3) is 3.74. The summed E-state index contributed by atoms with van der Waals surface area (Å²) in [6.07, 6.45) is 0. The van der Waals surface area contributed by atoms with Gasteiger partial charge in [0, 0.05) is 33.2 Å². The van der Waals surface area contributed by atoms with E-state index >= 15 is 0 Å². The van der Waals surface area contributed by atoms with Gasteiger partial charge in [0.2, 0.25) is 5.91 Å². The molecule has 1 aliphatic rings. The van der Waals surface area contributed by atoms with Crippen LogP contribution in [0.3, 0.4) is 0 Å². The Kier molecular flexibility index (Phi) is 5.20. The second kappa shape index (κ2) is 6.91. The molecule has 0 spiro atoms. The van der Waals surface area contributed by atoms with Crippen molar-refractivity contribution < 1.29 is 9.59 Å². The van der Waals surface area contributed by atoms with Gasteiger partial charge in [-0.2, -0.15) is 0 Å². The van der Waals surface area contributed by atoms with Gasteiger partial charge in [-0.25, -0.2) is 0 Å². The van der Waals surface area contributed by atoms with Crippen LogP contribution in [0, 0.1) is 6.92 Å². The molecule has 0 atom stereocenters. The normalized spacial score (nSPS) is 14.9. The van der Waals surface area contributed by atoms with Gasteiger partial charge in [0.05, 0.1) is 17.1 Å². The van der Waals surface area contributed by atoms with E-state index in [2.05, 4.69) is 5.32 Å². The van der Waals surface area contributed by atoms with Crippen molar-refractivity contribution in [3.63, 3.8) is 0 Å². The number of carbonyl (C=O) groups is 2. The summed E-state index contributed by atoms with van der Waals surface area (Å²) in [4.78, 5) is 27.8. The lowest BCUT2D eigenvalue weighted by Crippen LogP contribution is -2.49. The van der Waals surface area contributed by atoms with Gasteiger partial charge >= 0.3 is 0 Å². The molecule has 1 heterocycles. The Balaban J connectivity index is 2.02. The van der Waals surface area contributed by atoms with Crippen LogP contribution in [0.15, 0.2) is 18.2 Å². The van der Waals surface area contributed by atoms with Gasteiger partial charge in [0.1, 0.15) is 0 Å². The molecule has 1 saturated heterocycles. The van der Waals surface area contributed by atoms with Crippen LogP contribution in [0.5, 0.6) is 0 Å². The number of aryl methyl sites for hydroxylation is 1. The highest BCUT2D eigenvalue weighted by molar-refractivity contribution is 6.34. The van der Waals surface area contributed by atoms with Crippen molar-refractivity contribution in [3.05, 3.63) is 34.3 Å². The second-order valence-electron chi connectivity index (χ2n) is 5.23. The van der Waals surface area contributed by atoms with E-state index in [9.17, 15) is 9.59 Å². The van der Waals surface area contributed by atoms with Gasteiger partial charge in [-0.1, -0.05) is 23.7 Å². The third-order valence-corrected chi connectivity index (χ3v) is 4.11. The Morgan fingerprint density at radius 1 is 1.33 bits per heavy atom. The molecule has 0 aliphatic carbocycles. The number of hydrogen-bond donors (Lipinski definition) is 1. The zero-order valence-electron chi connectivity index (χ0n) is 12.4. The predicted octanol–water partition coefficient (Wildman–Crippen LogP) is 1.15. The summed E-state index contributed by atoms with van der Waals surface area (Å²) in [5.74, 6) is -0.261. The monoisotopic (exact) mass is 309 g/mol. The van der Waals surface area contributed by atoms with E-state index in [-0.39, 0.29) is 18.4 Å². The summed E-state index contributed by atoms with van der Waals surface area (Å²) in [7, 11) is 1.63. The maximum absolute atomic E-state index is 12.4. The van der Waals surface area contributed by atoms with Crippen molar-refractivity contribution in [1.82, 2.24) is 15.1 Å². The van der Waals surface area contributed by atoms with E-state index in [1.807, 2.05) is 13.0 Å². The van der Waals surface area contributed by atoms with Gasteiger partial charge in [0.15, 0.2) is 0 Å². The van der Waals surface area contributed by atoms with Crippen LogP contribution in [0.1, 0.15) is 15.9 Å². The molecule has 6 heteroatoms. The summed E-state index contributed by atoms with van der Waals surface area (Å²) in [6, 6.07) is 5.33. The number of nitrogens with zero attached hydrogens (tertiary/aromatic N) is 2. The highest BCUT2D eigenvalue weighted by atomic mass is 35.5. The lowest BCUT2D eigenvalue weighted by molar-refractivity contribution is -0.132. The Morgan fingerprint density at radius 3 is 2.67 bits per heavy atom. The third-order valence-electron chi connectivity index (χ3n) is 3.61. The molecule has 21 heavy (non-hydrogen) atoms. The molecule has 0 radical (unpaired) electrons. The fourth-order valence-corrected chi connectivity index (χ4v) is 2.51. The highest BCUT2D eigenvalue weighted by Crippen LogP contribution is 2.21. The largest absolute Gasteiger partial charge is 0.339 e. The molecule has 1 aliphatic heterocycles. The molecule has 2 rings (SSSR count). The quantitative estimate of drug-likeness (QED) is 0.911. The average molecular weight is 310 g/mol. The van der Waals surface area contributed by atoms with E-state index < -0.39 is 0 Å². The lowest BCUT2D eigenvalue weighted by atomic mass is 10.1. The number of benzene rings is 1. The molecule has 5 nitrogen and oxygen atoms in total. The van der Waals surface area contributed by atoms with Crippen LogP contribution in [0.4, 0.5) is 0 Å². The zero-order valence-corrected chi connectivity index (χ0v) is 13.1. The summed E-state index contributed by atoms with van der Waals surface area (Å²) in [5, 5.41) is 3.64. The molecule has 1 aromatic rings. The molecule has 1 fully saturated rings. The van der Waals surface area contributed by atoms with Gasteiger partial charge in [-0.05, 0) is 18.6 Å². The summed E-state index contributed by atoms with van der Waals surface area (Å²) < 4.78 is 0. The van der Waals surface area contributed by atoms with Crippen molar-refractivity contribution in [2.75, 3.05) is 39.8 Å². The van der Waals surface area contributed by atoms with Gasteiger partial charge in [-0.15, -0.1) is 0 Å². The summed E-state index contributed by atoms with van der Waals surface area (Å²) >= 11 is 6.17. The van der Waals surface area contributed by atoms with Crippen LogP contribution in [0.25, 0.3) is 0 Å². The topological polar surface area (TPSA) is 52.7 Å². The average Bonchev–Trinajstić information content (AvgIpc) is 2.50. The predicted molar refractivity (Wildman–Crippen MR) is 82.6 cm³/mol. The van der Waals surface area contributed by atoms with Crippen molar-refractivity contribution in [1.29, 1.82) is 0 Å².